The van der Waals surface area contributed by atoms with Gasteiger partial charge in [0.2, 0.25) is 0 Å². The van der Waals surface area contributed by atoms with Gasteiger partial charge in [-0.3, -0.25) is 4.79 Å². The van der Waals surface area contributed by atoms with Crippen LogP contribution in [0, 0.1) is 11.8 Å². The predicted octanol–water partition coefficient (Wildman–Crippen LogP) is 3.27. The van der Waals surface area contributed by atoms with Gasteiger partial charge in [-0.2, -0.15) is 0 Å². The first-order valence-electron chi connectivity index (χ1n) is 6.71. The smallest absolute Gasteiger partial charge is 0.335 e. The van der Waals surface area contributed by atoms with E-state index in [-0.39, 0.29) is 11.5 Å². The van der Waals surface area contributed by atoms with Crippen molar-refractivity contribution in [2.45, 2.75) is 20.3 Å². The monoisotopic (exact) mass is 339 g/mol. The largest absolute Gasteiger partial charge is 0.478 e. The van der Waals surface area contributed by atoms with E-state index in [1.165, 1.54) is 12.1 Å². The molecule has 108 valence electrons. The van der Waals surface area contributed by atoms with Crippen molar-refractivity contribution in [2.24, 2.45) is 11.8 Å². The molecule has 4 nitrogen and oxygen atoms in total. The third-order valence-electron chi connectivity index (χ3n) is 4.01. The summed E-state index contributed by atoms with van der Waals surface area (Å²) < 4.78 is 0.610. The predicted molar refractivity (Wildman–Crippen MR) is 79.9 cm³/mol. The second-order valence-corrected chi connectivity index (χ2v) is 6.44. The highest BCUT2D eigenvalue weighted by Gasteiger charge is 2.27. The number of nitrogens with zero attached hydrogens (tertiary/aromatic N) is 1. The number of carbonyl (C=O) groups is 2. The molecule has 2 unspecified atom stereocenters. The Morgan fingerprint density at radius 3 is 2.45 bits per heavy atom. The molecule has 1 heterocycles. The van der Waals surface area contributed by atoms with Crippen molar-refractivity contribution in [1.29, 1.82) is 0 Å². The SMILES string of the molecule is CC1CCN(C(=O)c2cc(Br)cc(C(=O)O)c2)CC1C. The number of carboxylic acid groups (broad SMARTS) is 1. The number of aromatic carboxylic acids is 1. The Labute approximate surface area is 126 Å². The van der Waals surface area contributed by atoms with Gasteiger partial charge in [-0.05, 0) is 36.5 Å². The molecule has 0 radical (unpaired) electrons. The van der Waals surface area contributed by atoms with Crippen LogP contribution in [0.3, 0.4) is 0 Å². The first-order chi connectivity index (χ1) is 9.38. The summed E-state index contributed by atoms with van der Waals surface area (Å²) in [6, 6.07) is 4.62. The molecule has 1 amide bonds. The van der Waals surface area contributed by atoms with E-state index in [2.05, 4.69) is 29.8 Å². The quantitative estimate of drug-likeness (QED) is 0.899. The molecule has 1 aliphatic rings. The molecule has 0 aliphatic carbocycles. The molecule has 0 saturated carbocycles. The molecule has 1 fully saturated rings. The zero-order valence-electron chi connectivity index (χ0n) is 11.6. The number of amides is 1. The average molecular weight is 340 g/mol. The third-order valence-corrected chi connectivity index (χ3v) is 4.47. The van der Waals surface area contributed by atoms with Crippen molar-refractivity contribution in [3.05, 3.63) is 33.8 Å². The van der Waals surface area contributed by atoms with Crippen molar-refractivity contribution >= 4 is 27.8 Å². The van der Waals surface area contributed by atoms with Crippen LogP contribution in [0.15, 0.2) is 22.7 Å². The van der Waals surface area contributed by atoms with E-state index in [9.17, 15) is 9.59 Å². The van der Waals surface area contributed by atoms with Crippen molar-refractivity contribution in [3.63, 3.8) is 0 Å². The van der Waals surface area contributed by atoms with Gasteiger partial charge in [-0.1, -0.05) is 29.8 Å². The Hall–Kier alpha value is -1.36. The summed E-state index contributed by atoms with van der Waals surface area (Å²) in [6.07, 6.45) is 0.993. The molecule has 1 saturated heterocycles. The zero-order valence-corrected chi connectivity index (χ0v) is 13.2. The minimum Gasteiger partial charge on any atom is -0.478 e. The van der Waals surface area contributed by atoms with Crippen LogP contribution in [0.1, 0.15) is 41.0 Å². The lowest BCUT2D eigenvalue weighted by Gasteiger charge is -2.35. The molecule has 1 aliphatic heterocycles. The molecule has 0 bridgehead atoms. The van der Waals surface area contributed by atoms with Gasteiger partial charge >= 0.3 is 5.97 Å². The highest BCUT2D eigenvalue weighted by Crippen LogP contribution is 2.25. The topological polar surface area (TPSA) is 57.6 Å². The average Bonchev–Trinajstić information content (AvgIpc) is 2.40. The number of hydrogen-bond acceptors (Lipinski definition) is 2. The number of rotatable bonds is 2. The fourth-order valence-electron chi connectivity index (χ4n) is 2.47. The molecular formula is C15H18BrNO3. The van der Waals surface area contributed by atoms with Gasteiger partial charge in [0.15, 0.2) is 0 Å². The lowest BCUT2D eigenvalue weighted by molar-refractivity contribution is 0.0627. The molecule has 5 heteroatoms. The van der Waals surface area contributed by atoms with Crippen LogP contribution < -0.4 is 0 Å². The molecule has 1 aromatic carbocycles. The van der Waals surface area contributed by atoms with Crippen LogP contribution in [0.5, 0.6) is 0 Å². The van der Waals surface area contributed by atoms with Crippen LogP contribution >= 0.6 is 15.9 Å². The fraction of sp³-hybridized carbons (Fsp3) is 0.467. The summed E-state index contributed by atoms with van der Waals surface area (Å²) in [5.74, 6) is -0.0246. The van der Waals surface area contributed by atoms with E-state index in [1.54, 1.807) is 6.07 Å². The molecule has 0 spiro atoms. The standard InChI is InChI=1S/C15H18BrNO3/c1-9-3-4-17(8-10(9)2)14(18)11-5-12(15(19)20)7-13(16)6-11/h5-7,9-10H,3-4,8H2,1-2H3,(H,19,20). The summed E-state index contributed by atoms with van der Waals surface area (Å²) in [5, 5.41) is 9.06. The molecule has 1 aromatic rings. The fourth-order valence-corrected chi connectivity index (χ4v) is 2.96. The van der Waals surface area contributed by atoms with Gasteiger partial charge in [0, 0.05) is 23.1 Å². The van der Waals surface area contributed by atoms with Crippen LogP contribution in [-0.4, -0.2) is 35.0 Å². The number of carboxylic acids is 1. The summed E-state index contributed by atoms with van der Waals surface area (Å²) in [5.41, 5.74) is 0.555. The lowest BCUT2D eigenvalue weighted by atomic mass is 9.88. The first kappa shape index (κ1) is 15.0. The Bertz CT molecular complexity index is 544. The molecule has 2 rings (SSSR count). The van der Waals surface area contributed by atoms with Gasteiger partial charge < -0.3 is 10.0 Å². The van der Waals surface area contributed by atoms with Crippen LogP contribution in [-0.2, 0) is 0 Å². The second-order valence-electron chi connectivity index (χ2n) is 5.53. The number of piperidine rings is 1. The highest BCUT2D eigenvalue weighted by atomic mass is 79.9. The maximum Gasteiger partial charge on any atom is 0.335 e. The van der Waals surface area contributed by atoms with E-state index in [0.717, 1.165) is 19.5 Å². The van der Waals surface area contributed by atoms with Crippen LogP contribution in [0.25, 0.3) is 0 Å². The third kappa shape index (κ3) is 3.20. The Morgan fingerprint density at radius 1 is 1.20 bits per heavy atom. The number of benzene rings is 1. The molecule has 1 N–H and O–H groups in total. The minimum absolute atomic E-state index is 0.0902. The molecule has 0 aromatic heterocycles. The van der Waals surface area contributed by atoms with Gasteiger partial charge in [0.1, 0.15) is 0 Å². The number of carbonyl (C=O) groups excluding carboxylic acids is 1. The van der Waals surface area contributed by atoms with Crippen LogP contribution in [0.4, 0.5) is 0 Å². The van der Waals surface area contributed by atoms with E-state index < -0.39 is 5.97 Å². The van der Waals surface area contributed by atoms with Crippen molar-refractivity contribution < 1.29 is 14.7 Å². The lowest BCUT2D eigenvalue weighted by Crippen LogP contribution is -2.42. The Balaban J connectivity index is 2.23. The number of hydrogen-bond donors (Lipinski definition) is 1. The van der Waals surface area contributed by atoms with E-state index in [4.69, 9.17) is 5.11 Å². The second kappa shape index (κ2) is 5.95. The van der Waals surface area contributed by atoms with Crippen molar-refractivity contribution in [3.8, 4) is 0 Å². The van der Waals surface area contributed by atoms with Gasteiger partial charge in [0.05, 0.1) is 5.56 Å². The molecule has 2 atom stereocenters. The van der Waals surface area contributed by atoms with Crippen LogP contribution in [0.2, 0.25) is 0 Å². The normalized spacial score (nSPS) is 22.6. The maximum atomic E-state index is 12.5. The summed E-state index contributed by atoms with van der Waals surface area (Å²) in [4.78, 5) is 25.4. The van der Waals surface area contributed by atoms with Crippen molar-refractivity contribution in [1.82, 2.24) is 4.90 Å². The van der Waals surface area contributed by atoms with Crippen molar-refractivity contribution in [2.75, 3.05) is 13.1 Å². The summed E-state index contributed by atoms with van der Waals surface area (Å²) >= 11 is 3.26. The summed E-state index contributed by atoms with van der Waals surface area (Å²) in [7, 11) is 0. The van der Waals surface area contributed by atoms with Gasteiger partial charge in [0.25, 0.3) is 5.91 Å². The molecule has 20 heavy (non-hydrogen) atoms. The van der Waals surface area contributed by atoms with E-state index in [1.807, 2.05) is 4.90 Å². The zero-order chi connectivity index (χ0) is 14.9. The molecular weight excluding hydrogens is 322 g/mol. The van der Waals surface area contributed by atoms with E-state index >= 15 is 0 Å². The van der Waals surface area contributed by atoms with Gasteiger partial charge in [-0.25, -0.2) is 4.79 Å². The van der Waals surface area contributed by atoms with Gasteiger partial charge in [-0.15, -0.1) is 0 Å². The number of likely N-dealkylation sites (tertiary alicyclic amines) is 1. The highest BCUT2D eigenvalue weighted by molar-refractivity contribution is 9.10. The maximum absolute atomic E-state index is 12.5. The van der Waals surface area contributed by atoms with E-state index in [0.29, 0.717) is 21.9 Å². The Morgan fingerprint density at radius 2 is 1.85 bits per heavy atom. The first-order valence-corrected chi connectivity index (χ1v) is 7.51. The summed E-state index contributed by atoms with van der Waals surface area (Å²) in [6.45, 7) is 5.82. The Kier molecular flexibility index (Phi) is 4.48. The minimum atomic E-state index is -1.03. The number of halogens is 1.